The van der Waals surface area contributed by atoms with Gasteiger partial charge in [0.2, 0.25) is 51.2 Å². The molecule has 0 saturated heterocycles. The Morgan fingerprint density at radius 2 is 0.737 bits per heavy atom. The molecule has 0 bridgehead atoms. The molecular weight excluding hydrogens is 1520 g/mol. The molecule has 0 aliphatic carbocycles. The van der Waals surface area contributed by atoms with Crippen LogP contribution in [0, 0.1) is 54.1 Å². The molecule has 2 rings (SSSR count). The van der Waals surface area contributed by atoms with Gasteiger partial charge in [-0.1, -0.05) is 157 Å². The first-order valence-corrected chi connectivity index (χ1v) is 44.8. The Morgan fingerprint density at radius 1 is 0.398 bits per heavy atom. The molecule has 0 aliphatic heterocycles. The van der Waals surface area contributed by atoms with E-state index >= 15 is 0 Å². The second kappa shape index (κ2) is 43.1. The van der Waals surface area contributed by atoms with Gasteiger partial charge in [-0.3, -0.25) is 33.6 Å². The van der Waals surface area contributed by atoms with Gasteiger partial charge in [0.05, 0.1) is 54.4 Å². The molecule has 0 atom stereocenters. The van der Waals surface area contributed by atoms with E-state index in [0.717, 1.165) is 19.1 Å². The number of aromatic nitrogens is 2. The van der Waals surface area contributed by atoms with Crippen LogP contribution in [0.3, 0.4) is 0 Å². The van der Waals surface area contributed by atoms with Crippen LogP contribution in [0.4, 0.5) is 0 Å². The number of rotatable bonds is 55. The Morgan fingerprint density at radius 3 is 1.09 bits per heavy atom. The summed E-state index contributed by atoms with van der Waals surface area (Å²) >= 11 is 0. The number of carbonyl (C=O) groups excluding carboxylic acids is 7. The summed E-state index contributed by atoms with van der Waals surface area (Å²) < 4.78 is 67.8. The van der Waals surface area contributed by atoms with Crippen LogP contribution in [0.1, 0.15) is 323 Å². The summed E-state index contributed by atoms with van der Waals surface area (Å²) in [6, 6.07) is 6.47. The number of hydrogen-bond donors (Lipinski definition) is 6. The Bertz CT molecular complexity index is 3640. The van der Waals surface area contributed by atoms with Crippen LogP contribution >= 0.6 is 0 Å². The van der Waals surface area contributed by atoms with Crippen LogP contribution in [0.5, 0.6) is 0 Å². The first kappa shape index (κ1) is 108. The van der Waals surface area contributed by atoms with Crippen molar-refractivity contribution < 1.29 is 74.8 Å². The molecule has 0 spiro atoms. The van der Waals surface area contributed by atoms with Crippen molar-refractivity contribution in [3.63, 3.8) is 0 Å². The molecule has 0 saturated carbocycles. The van der Waals surface area contributed by atoms with Crippen molar-refractivity contribution in [1.82, 2.24) is 47.0 Å². The number of amides is 7. The fourth-order valence-corrected chi connectivity index (χ4v) is 14.6. The molecular formula is C92H167N9O16S. The summed E-state index contributed by atoms with van der Waals surface area (Å²) in [6.45, 7) is 73.3. The fraction of sp³-hybridized carbons (Fsp3) is 0.837. The second-order valence-electron chi connectivity index (χ2n) is 45.6. The van der Waals surface area contributed by atoms with Gasteiger partial charge in [0.25, 0.3) is 5.91 Å². The highest BCUT2D eigenvalue weighted by Crippen LogP contribution is 2.37. The summed E-state index contributed by atoms with van der Waals surface area (Å²) in [6.07, 6.45) is 7.48. The standard InChI is InChI=1S/C92H167N9O16S/c1-77(2,3)58-81(11,12)60-97-74(107)85(19,20)46-54-115-91(31,32)42-50-95-72(105)83(15,16)44-53-114-90(29,30)41-49-94-69(103)57-80(9,10)63-112-65-88(25,26)101(71(104)67-38-36-66(37-39-67)70-99-100-76(117-70)118(35,109)110)61-82(13,14)64-111-62-79(7,8)56-68(102)93-48-40-89(27,28)113-52-45-84(17,18)73(106)96-51-43-92(33,34)116-55-47-86(21,22)75(108)98-87(23,24)59-78(4,5)6/h36-39H,40-65H2,1-35H3,(H,93,102)(H,94,103)(H,95,105)(H,96,106)(H,97,107)(H,98,108). The highest BCUT2D eigenvalue weighted by atomic mass is 32.2. The second-order valence-corrected chi connectivity index (χ2v) is 47.5. The lowest BCUT2D eigenvalue weighted by molar-refractivity contribution is -0.134. The summed E-state index contributed by atoms with van der Waals surface area (Å²) in [5.74, 6) is -0.760. The van der Waals surface area contributed by atoms with E-state index in [1.54, 1.807) is 29.2 Å². The normalized spacial score (nSPS) is 13.9. The third-order valence-corrected chi connectivity index (χ3v) is 22.3. The molecule has 682 valence electrons. The van der Waals surface area contributed by atoms with E-state index in [-0.39, 0.29) is 115 Å². The quantitative estimate of drug-likeness (QED) is 0.0358. The Hall–Kier alpha value is -5.64. The molecule has 25 nitrogen and oxygen atoms in total. The minimum atomic E-state index is -3.76. The van der Waals surface area contributed by atoms with Crippen molar-refractivity contribution in [3.8, 4) is 11.5 Å². The van der Waals surface area contributed by atoms with Crippen LogP contribution < -0.4 is 31.9 Å². The van der Waals surface area contributed by atoms with Gasteiger partial charge in [-0.15, -0.1) is 5.10 Å². The molecule has 118 heavy (non-hydrogen) atoms. The fourth-order valence-electron chi connectivity index (χ4n) is 14.2. The first-order chi connectivity index (χ1) is 53.1. The number of nitrogens with one attached hydrogen (secondary N) is 6. The number of nitrogens with zero attached hydrogens (tertiary/aromatic N) is 3. The Balaban J connectivity index is 1.98. The van der Waals surface area contributed by atoms with E-state index in [1.807, 2.05) is 166 Å². The van der Waals surface area contributed by atoms with Crippen LogP contribution in [0.15, 0.2) is 33.9 Å². The minimum Gasteiger partial charge on any atom is -0.408 e. The SMILES string of the molecule is CC(C)(C)CC(C)(C)CNC(=O)C(C)(C)CCOC(C)(C)CCNC(=O)C(C)(C)CCOC(C)(C)CCNC(=O)CC(C)(C)COCC(C)(C)N(CC(C)(C)COCC(C)(C)CC(=O)NCCC(C)(C)OCCC(C)(C)C(=O)NCCC(C)(C)OCCC(C)(C)C(=O)NC(C)(C)CC(C)(C)C)C(=O)c1ccc(-c2nnc(S(C)(=O)=O)o2)cc1. The van der Waals surface area contributed by atoms with E-state index in [0.29, 0.717) is 122 Å². The van der Waals surface area contributed by atoms with Crippen molar-refractivity contribution in [2.75, 3.05) is 98.4 Å². The van der Waals surface area contributed by atoms with Crippen LogP contribution in [0.2, 0.25) is 0 Å². The molecule has 6 N–H and O–H groups in total. The molecule has 1 aromatic heterocycles. The van der Waals surface area contributed by atoms with E-state index < -0.39 is 80.9 Å². The smallest absolute Gasteiger partial charge is 0.335 e. The van der Waals surface area contributed by atoms with Crippen LogP contribution in [-0.4, -0.2) is 197 Å². The highest BCUT2D eigenvalue weighted by Gasteiger charge is 2.41. The number of ether oxygens (including phenoxy) is 6. The average Bonchev–Trinajstić information content (AvgIpc) is 1.42. The highest BCUT2D eigenvalue weighted by molar-refractivity contribution is 7.90. The number of carbonyl (C=O) groups is 7. The van der Waals surface area contributed by atoms with E-state index in [2.05, 4.69) is 111 Å². The lowest BCUT2D eigenvalue weighted by Gasteiger charge is -2.43. The summed E-state index contributed by atoms with van der Waals surface area (Å²) in [4.78, 5) is 97.3. The minimum absolute atomic E-state index is 0.00374. The van der Waals surface area contributed by atoms with Gasteiger partial charge < -0.3 is 69.6 Å². The van der Waals surface area contributed by atoms with Crippen LogP contribution in [-0.2, 0) is 67.0 Å². The van der Waals surface area contributed by atoms with Gasteiger partial charge in [0.1, 0.15) is 0 Å². The zero-order chi connectivity index (χ0) is 91.2. The molecule has 0 radical (unpaired) electrons. The van der Waals surface area contributed by atoms with Gasteiger partial charge in [-0.25, -0.2) is 8.42 Å². The predicted molar refractivity (Wildman–Crippen MR) is 472 cm³/mol. The van der Waals surface area contributed by atoms with Crippen molar-refractivity contribution in [2.45, 2.75) is 351 Å². The Labute approximate surface area is 714 Å². The number of hydrogen-bond acceptors (Lipinski definition) is 18. The first-order valence-electron chi connectivity index (χ1n) is 42.9. The monoisotopic (exact) mass is 1690 g/mol. The van der Waals surface area contributed by atoms with Gasteiger partial charge in [0, 0.05) is 129 Å². The number of benzene rings is 1. The lowest BCUT2D eigenvalue weighted by Crippen LogP contribution is -2.55. The molecule has 7 amide bonds. The van der Waals surface area contributed by atoms with Crippen LogP contribution in [0.25, 0.3) is 11.5 Å². The van der Waals surface area contributed by atoms with E-state index in [9.17, 15) is 42.0 Å². The lowest BCUT2D eigenvalue weighted by atomic mass is 9.76. The van der Waals surface area contributed by atoms with E-state index in [1.165, 1.54) is 0 Å². The maximum absolute atomic E-state index is 14.9. The average molecular weight is 1690 g/mol. The zero-order valence-corrected chi connectivity index (χ0v) is 81.3. The third-order valence-electron chi connectivity index (χ3n) is 21.5. The van der Waals surface area contributed by atoms with E-state index in [4.69, 9.17) is 32.8 Å². The summed E-state index contributed by atoms with van der Waals surface area (Å²) in [5, 5.41) is 25.8. The molecule has 0 fully saturated rings. The zero-order valence-electron chi connectivity index (χ0n) is 80.5. The Kier molecular flexibility index (Phi) is 39.6. The summed E-state index contributed by atoms with van der Waals surface area (Å²) in [5.41, 5.74) is -6.98. The topological polar surface area (TPSA) is 323 Å². The maximum Gasteiger partial charge on any atom is 0.335 e. The van der Waals surface area contributed by atoms with Crippen molar-refractivity contribution in [1.29, 1.82) is 0 Å². The van der Waals surface area contributed by atoms with Gasteiger partial charge in [-0.2, -0.15) is 0 Å². The summed E-state index contributed by atoms with van der Waals surface area (Å²) in [7, 11) is -3.76. The molecule has 0 aliphatic rings. The largest absolute Gasteiger partial charge is 0.408 e. The van der Waals surface area contributed by atoms with Crippen molar-refractivity contribution in [3.05, 3.63) is 29.8 Å². The maximum atomic E-state index is 14.9. The molecule has 1 heterocycles. The molecule has 1 aromatic carbocycles. The van der Waals surface area contributed by atoms with Gasteiger partial charge in [0.15, 0.2) is 0 Å². The van der Waals surface area contributed by atoms with Crippen molar-refractivity contribution in [2.24, 2.45) is 54.1 Å². The molecule has 0 unspecified atom stereocenters. The van der Waals surface area contributed by atoms with Crippen molar-refractivity contribution >= 4 is 51.2 Å². The molecule has 2 aromatic rings. The molecule has 26 heteroatoms. The van der Waals surface area contributed by atoms with Gasteiger partial charge >= 0.3 is 5.22 Å². The predicted octanol–water partition coefficient (Wildman–Crippen LogP) is 16.0. The number of sulfone groups is 1. The van der Waals surface area contributed by atoms with Gasteiger partial charge in [-0.05, 0) is 199 Å². The third kappa shape index (κ3) is 42.9.